The number of pyridine rings is 1. The van der Waals surface area contributed by atoms with Crippen molar-refractivity contribution >= 4 is 28.8 Å². The Morgan fingerprint density at radius 2 is 1.91 bits per heavy atom. The van der Waals surface area contributed by atoms with Crippen LogP contribution < -0.4 is 5.32 Å². The van der Waals surface area contributed by atoms with Crippen molar-refractivity contribution in [2.24, 2.45) is 0 Å². The molecule has 0 spiro atoms. The lowest BCUT2D eigenvalue weighted by molar-refractivity contribution is -0.187. The predicted octanol–water partition coefficient (Wildman–Crippen LogP) is 4.24. The molecule has 182 valence electrons. The van der Waals surface area contributed by atoms with Gasteiger partial charge >= 0.3 is 6.18 Å². The van der Waals surface area contributed by atoms with E-state index < -0.39 is 41.8 Å². The Kier molecular flexibility index (Phi) is 5.23. The van der Waals surface area contributed by atoms with Crippen molar-refractivity contribution in [2.75, 3.05) is 5.32 Å². The van der Waals surface area contributed by atoms with Crippen molar-refractivity contribution in [1.29, 1.82) is 0 Å². The Bertz CT molecular complexity index is 1440. The number of nitrogens with zero attached hydrogens (tertiary/aromatic N) is 7. The van der Waals surface area contributed by atoms with E-state index in [2.05, 4.69) is 30.6 Å². The zero-order valence-corrected chi connectivity index (χ0v) is 18.4. The van der Waals surface area contributed by atoms with Crippen LogP contribution in [0.3, 0.4) is 0 Å². The van der Waals surface area contributed by atoms with Crippen LogP contribution in [0, 0.1) is 0 Å². The fraction of sp³-hybridized carbons (Fsp3) is 0.300. The van der Waals surface area contributed by atoms with Crippen LogP contribution in [-0.2, 0) is 10.2 Å². The van der Waals surface area contributed by atoms with E-state index in [1.54, 1.807) is 0 Å². The van der Waals surface area contributed by atoms with Gasteiger partial charge in [-0.2, -0.15) is 28.5 Å². The van der Waals surface area contributed by atoms with Crippen LogP contribution in [0.2, 0.25) is 5.15 Å². The van der Waals surface area contributed by atoms with Crippen LogP contribution >= 0.6 is 11.6 Å². The maximum atomic E-state index is 14.2. The molecule has 0 saturated heterocycles. The first kappa shape index (κ1) is 23.1. The highest BCUT2D eigenvalue weighted by Gasteiger charge is 2.60. The fourth-order valence-electron chi connectivity index (χ4n) is 4.25. The number of nitrogens with one attached hydrogen (secondary N) is 1. The molecule has 4 heterocycles. The molecule has 15 heteroatoms. The van der Waals surface area contributed by atoms with Gasteiger partial charge in [0, 0.05) is 17.8 Å². The van der Waals surface area contributed by atoms with Crippen molar-refractivity contribution in [3.8, 4) is 5.82 Å². The van der Waals surface area contributed by atoms with Gasteiger partial charge < -0.3 is 5.32 Å². The molecular formula is C20H14ClF5N8O. The molecular weight excluding hydrogens is 499 g/mol. The van der Waals surface area contributed by atoms with Gasteiger partial charge in [0.25, 0.3) is 6.43 Å². The lowest BCUT2D eigenvalue weighted by atomic mass is 9.85. The topological polar surface area (TPSA) is 103 Å². The van der Waals surface area contributed by atoms with Crippen molar-refractivity contribution < 1.29 is 26.7 Å². The summed E-state index contributed by atoms with van der Waals surface area (Å²) in [5.74, 6) is -2.38. The molecule has 0 fully saturated rings. The van der Waals surface area contributed by atoms with Crippen LogP contribution in [0.15, 0.2) is 36.9 Å². The smallest absolute Gasteiger partial charge is 0.324 e. The highest BCUT2D eigenvalue weighted by atomic mass is 35.5. The summed E-state index contributed by atoms with van der Waals surface area (Å²) in [7, 11) is 0. The number of amides is 1. The SMILES string of the molecule is C[C@]1(C(F)(F)F)C[C@@H](C(=O)Nc2cnc(-n3nccn3)c(C(F)F)c2)c2cnc3cc(Cl)nn3c21. The molecule has 0 saturated carbocycles. The number of aromatic nitrogens is 7. The second-order valence-electron chi connectivity index (χ2n) is 8.13. The summed E-state index contributed by atoms with van der Waals surface area (Å²) in [6.07, 6.45) is -3.52. The molecule has 0 radical (unpaired) electrons. The number of fused-ring (bicyclic) bond motifs is 3. The summed E-state index contributed by atoms with van der Waals surface area (Å²) in [6.45, 7) is 0.969. The molecule has 5 rings (SSSR count). The number of halogens is 6. The normalized spacial score (nSPS) is 19.9. The zero-order chi connectivity index (χ0) is 25.1. The minimum Gasteiger partial charge on any atom is -0.324 e. The highest BCUT2D eigenvalue weighted by Crippen LogP contribution is 2.54. The molecule has 1 aliphatic carbocycles. The fourth-order valence-corrected chi connectivity index (χ4v) is 4.42. The van der Waals surface area contributed by atoms with Crippen molar-refractivity contribution in [2.45, 2.75) is 37.3 Å². The third-order valence-electron chi connectivity index (χ3n) is 5.94. The third kappa shape index (κ3) is 3.68. The quantitative estimate of drug-likeness (QED) is 0.410. The molecule has 0 aromatic carbocycles. The van der Waals surface area contributed by atoms with E-state index in [9.17, 15) is 26.7 Å². The number of anilines is 1. The van der Waals surface area contributed by atoms with E-state index in [0.717, 1.165) is 28.5 Å². The summed E-state index contributed by atoms with van der Waals surface area (Å²) < 4.78 is 70.9. The first-order chi connectivity index (χ1) is 16.5. The Morgan fingerprint density at radius 3 is 2.57 bits per heavy atom. The molecule has 2 atom stereocenters. The monoisotopic (exact) mass is 512 g/mol. The third-order valence-corrected chi connectivity index (χ3v) is 6.13. The first-order valence-corrected chi connectivity index (χ1v) is 10.4. The van der Waals surface area contributed by atoms with E-state index in [-0.39, 0.29) is 33.6 Å². The molecule has 1 aliphatic rings. The molecule has 0 bridgehead atoms. The van der Waals surface area contributed by atoms with Gasteiger partial charge in [-0.25, -0.2) is 23.3 Å². The van der Waals surface area contributed by atoms with Gasteiger partial charge in [0.2, 0.25) is 5.91 Å². The number of rotatable bonds is 4. The number of alkyl halides is 5. The average molecular weight is 513 g/mol. The standard InChI is InChI=1S/C20H14ClF5N8O/c1-19(20(24,25)26)6-11(12-8-27-14-5-13(21)32-33(14)15(12)19)18(35)31-9-4-10(16(22)23)17(28-7-9)34-29-2-3-30-34/h2-5,7-8,11,16H,6H2,1H3,(H,31,35)/t11-,19+/m1/s1. The van der Waals surface area contributed by atoms with Gasteiger partial charge in [-0.1, -0.05) is 11.6 Å². The minimum absolute atomic E-state index is 0.00833. The largest absolute Gasteiger partial charge is 0.399 e. The van der Waals surface area contributed by atoms with E-state index in [0.29, 0.717) is 0 Å². The summed E-state index contributed by atoms with van der Waals surface area (Å²) in [6, 6.07) is 2.28. The maximum absolute atomic E-state index is 14.2. The van der Waals surface area contributed by atoms with Gasteiger partial charge in [-0.05, 0) is 19.4 Å². The van der Waals surface area contributed by atoms with Crippen molar-refractivity contribution in [3.63, 3.8) is 0 Å². The van der Waals surface area contributed by atoms with Crippen LogP contribution in [0.4, 0.5) is 27.6 Å². The molecule has 9 nitrogen and oxygen atoms in total. The number of hydrogen-bond acceptors (Lipinski definition) is 6. The number of carbonyl (C=O) groups excluding carboxylic acids is 1. The molecule has 0 unspecified atom stereocenters. The van der Waals surface area contributed by atoms with Gasteiger partial charge in [0.05, 0.1) is 41.5 Å². The van der Waals surface area contributed by atoms with Crippen LogP contribution in [0.25, 0.3) is 11.5 Å². The van der Waals surface area contributed by atoms with Crippen molar-refractivity contribution in [1.82, 2.24) is 34.6 Å². The number of hydrogen-bond donors (Lipinski definition) is 1. The molecule has 1 N–H and O–H groups in total. The van der Waals surface area contributed by atoms with Gasteiger partial charge in [0.1, 0.15) is 5.41 Å². The molecule has 35 heavy (non-hydrogen) atoms. The second-order valence-corrected chi connectivity index (χ2v) is 8.52. The Balaban J connectivity index is 1.53. The molecule has 1 amide bonds. The second kappa shape index (κ2) is 7.93. The molecule has 0 aliphatic heterocycles. The summed E-state index contributed by atoms with van der Waals surface area (Å²) in [4.78, 5) is 22.0. The molecule has 4 aromatic heterocycles. The van der Waals surface area contributed by atoms with E-state index >= 15 is 0 Å². The zero-order valence-electron chi connectivity index (χ0n) is 17.6. The van der Waals surface area contributed by atoms with Gasteiger partial charge in [-0.15, -0.1) is 4.80 Å². The van der Waals surface area contributed by atoms with Crippen LogP contribution in [-0.4, -0.2) is 46.7 Å². The molecule has 4 aromatic rings. The van der Waals surface area contributed by atoms with Gasteiger partial charge in [0.15, 0.2) is 16.6 Å². The van der Waals surface area contributed by atoms with Crippen LogP contribution in [0.5, 0.6) is 0 Å². The minimum atomic E-state index is -4.73. The Morgan fingerprint density at radius 1 is 1.20 bits per heavy atom. The predicted molar refractivity (Wildman–Crippen MR) is 112 cm³/mol. The van der Waals surface area contributed by atoms with Crippen LogP contribution in [0.1, 0.15) is 42.5 Å². The Hall–Kier alpha value is -3.68. The Labute approximate surface area is 197 Å². The maximum Gasteiger partial charge on any atom is 0.399 e. The summed E-state index contributed by atoms with van der Waals surface area (Å²) in [5, 5.41) is 13.8. The van der Waals surface area contributed by atoms with Crippen molar-refractivity contribution in [3.05, 3.63) is 58.9 Å². The highest BCUT2D eigenvalue weighted by molar-refractivity contribution is 6.29. The lowest BCUT2D eigenvalue weighted by Crippen LogP contribution is -2.39. The van der Waals surface area contributed by atoms with E-state index in [1.807, 2.05) is 0 Å². The average Bonchev–Trinajstić information content (AvgIpc) is 3.50. The lowest BCUT2D eigenvalue weighted by Gasteiger charge is -2.28. The summed E-state index contributed by atoms with van der Waals surface area (Å²) in [5.41, 5.74) is -3.29. The van der Waals surface area contributed by atoms with E-state index in [4.69, 9.17) is 11.6 Å². The first-order valence-electron chi connectivity index (χ1n) is 10.1. The van der Waals surface area contributed by atoms with Gasteiger partial charge in [-0.3, -0.25) is 4.79 Å². The number of carbonyl (C=O) groups is 1. The summed E-state index contributed by atoms with van der Waals surface area (Å²) >= 11 is 5.88. The van der Waals surface area contributed by atoms with E-state index in [1.165, 1.54) is 24.7 Å².